The van der Waals surface area contributed by atoms with Crippen LogP contribution in [0.1, 0.15) is 12.8 Å². The minimum Gasteiger partial charge on any atom is -0.332 e. The summed E-state index contributed by atoms with van der Waals surface area (Å²) in [6.45, 7) is 5.29. The number of allylic oxidation sites excluding steroid dienone is 1. The van der Waals surface area contributed by atoms with Gasteiger partial charge in [0.2, 0.25) is 0 Å². The molecule has 0 bridgehead atoms. The predicted molar refractivity (Wildman–Crippen MR) is 48.3 cm³/mol. The number of rotatable bonds is 1. The van der Waals surface area contributed by atoms with Gasteiger partial charge < -0.3 is 4.90 Å². The summed E-state index contributed by atoms with van der Waals surface area (Å²) in [6, 6.07) is 0. The Morgan fingerprint density at radius 3 is 2.58 bits per heavy atom. The second kappa shape index (κ2) is 3.96. The molecule has 1 amide bonds. The average Bonchev–Trinajstić information content (AvgIpc) is 2.17. The monoisotopic (exact) mass is 163 g/mol. The van der Waals surface area contributed by atoms with Crippen LogP contribution in [0.5, 0.6) is 0 Å². The Hall–Kier alpha value is -1.23. The number of carbonyl (C=O) groups is 1. The lowest BCUT2D eigenvalue weighted by Crippen LogP contribution is -2.37. The summed E-state index contributed by atoms with van der Waals surface area (Å²) in [5.41, 5.74) is 0. The van der Waals surface area contributed by atoms with Gasteiger partial charge >= 0.3 is 0 Å². The molecular weight excluding hydrogens is 150 g/mol. The molecule has 1 rings (SSSR count). The third kappa shape index (κ3) is 1.88. The Labute approximate surface area is 73.2 Å². The fraction of sp³-hybridized carbons (Fsp3) is 0.500. The SMILES string of the molecule is C#CC(=O)N1CCC(C=C)CC1. The van der Waals surface area contributed by atoms with Crippen LogP contribution in [0.3, 0.4) is 0 Å². The minimum atomic E-state index is -0.183. The van der Waals surface area contributed by atoms with E-state index < -0.39 is 0 Å². The van der Waals surface area contributed by atoms with Crippen LogP contribution >= 0.6 is 0 Å². The molecule has 2 heteroatoms. The maximum absolute atomic E-state index is 11.0. The Morgan fingerprint density at radius 1 is 1.58 bits per heavy atom. The van der Waals surface area contributed by atoms with E-state index in [9.17, 15) is 4.79 Å². The smallest absolute Gasteiger partial charge is 0.298 e. The van der Waals surface area contributed by atoms with Crippen molar-refractivity contribution in [2.45, 2.75) is 12.8 Å². The Bertz CT molecular complexity index is 218. The van der Waals surface area contributed by atoms with Crippen molar-refractivity contribution in [2.24, 2.45) is 5.92 Å². The summed E-state index contributed by atoms with van der Waals surface area (Å²) < 4.78 is 0. The van der Waals surface area contributed by atoms with Crippen LogP contribution in [0.2, 0.25) is 0 Å². The molecule has 0 aromatic rings. The first-order valence-corrected chi connectivity index (χ1v) is 4.16. The zero-order chi connectivity index (χ0) is 8.97. The first-order valence-electron chi connectivity index (χ1n) is 4.16. The highest BCUT2D eigenvalue weighted by molar-refractivity contribution is 5.92. The normalized spacial score (nSPS) is 18.4. The summed E-state index contributed by atoms with van der Waals surface area (Å²) in [5, 5.41) is 0. The van der Waals surface area contributed by atoms with Gasteiger partial charge in [-0.3, -0.25) is 4.79 Å². The van der Waals surface area contributed by atoms with Gasteiger partial charge in [-0.1, -0.05) is 6.08 Å². The van der Waals surface area contributed by atoms with Crippen molar-refractivity contribution >= 4 is 5.91 Å². The number of likely N-dealkylation sites (tertiary alicyclic amines) is 1. The van der Waals surface area contributed by atoms with Crippen LogP contribution < -0.4 is 0 Å². The van der Waals surface area contributed by atoms with E-state index in [1.165, 1.54) is 0 Å². The highest BCUT2D eigenvalue weighted by Crippen LogP contribution is 2.17. The van der Waals surface area contributed by atoms with E-state index in [1.54, 1.807) is 4.90 Å². The molecule has 1 aliphatic heterocycles. The molecule has 12 heavy (non-hydrogen) atoms. The Balaban J connectivity index is 2.41. The van der Waals surface area contributed by atoms with Crippen molar-refractivity contribution in [1.29, 1.82) is 0 Å². The maximum Gasteiger partial charge on any atom is 0.298 e. The molecule has 1 fully saturated rings. The van der Waals surface area contributed by atoms with E-state index in [0.717, 1.165) is 25.9 Å². The maximum atomic E-state index is 11.0. The Kier molecular flexibility index (Phi) is 2.93. The molecule has 0 aliphatic carbocycles. The van der Waals surface area contributed by atoms with Gasteiger partial charge in [-0.25, -0.2) is 0 Å². The minimum absolute atomic E-state index is 0.183. The quantitative estimate of drug-likeness (QED) is 0.418. The lowest BCUT2D eigenvalue weighted by atomic mass is 9.97. The number of carbonyl (C=O) groups excluding carboxylic acids is 1. The molecule has 0 radical (unpaired) electrons. The molecule has 0 aromatic heterocycles. The zero-order valence-electron chi connectivity index (χ0n) is 7.12. The van der Waals surface area contributed by atoms with Gasteiger partial charge in [0.1, 0.15) is 0 Å². The molecule has 1 aliphatic rings. The zero-order valence-corrected chi connectivity index (χ0v) is 7.12. The van der Waals surface area contributed by atoms with Crippen LogP contribution in [0.25, 0.3) is 0 Å². The molecule has 1 saturated heterocycles. The molecular formula is C10H13NO. The third-order valence-corrected chi connectivity index (χ3v) is 2.28. The highest BCUT2D eigenvalue weighted by atomic mass is 16.2. The van der Waals surface area contributed by atoms with E-state index in [2.05, 4.69) is 12.5 Å². The summed E-state index contributed by atoms with van der Waals surface area (Å²) in [4.78, 5) is 12.7. The fourth-order valence-corrected chi connectivity index (χ4v) is 1.43. The number of hydrogen-bond donors (Lipinski definition) is 0. The summed E-state index contributed by atoms with van der Waals surface area (Å²) >= 11 is 0. The standard InChI is InChI=1S/C10H13NO/c1-3-9-5-7-11(8-6-9)10(12)4-2/h2-3,9H,1,5-8H2. The second-order valence-corrected chi connectivity index (χ2v) is 3.01. The molecule has 64 valence electrons. The van der Waals surface area contributed by atoms with Crippen molar-refractivity contribution < 1.29 is 4.79 Å². The van der Waals surface area contributed by atoms with E-state index >= 15 is 0 Å². The van der Waals surface area contributed by atoms with E-state index in [0.29, 0.717) is 5.92 Å². The number of piperidine rings is 1. The van der Waals surface area contributed by atoms with Crippen molar-refractivity contribution in [3.8, 4) is 12.3 Å². The first kappa shape index (κ1) is 8.86. The average molecular weight is 163 g/mol. The lowest BCUT2D eigenvalue weighted by Gasteiger charge is -2.28. The van der Waals surface area contributed by atoms with Crippen LogP contribution in [0, 0.1) is 18.3 Å². The highest BCUT2D eigenvalue weighted by Gasteiger charge is 2.19. The molecule has 0 N–H and O–H groups in total. The first-order chi connectivity index (χ1) is 5.77. The van der Waals surface area contributed by atoms with Crippen molar-refractivity contribution in [3.05, 3.63) is 12.7 Å². The van der Waals surface area contributed by atoms with Crippen molar-refractivity contribution in [1.82, 2.24) is 4.90 Å². The number of terminal acetylenes is 1. The number of hydrogen-bond acceptors (Lipinski definition) is 1. The van der Waals surface area contributed by atoms with E-state index in [4.69, 9.17) is 6.42 Å². The number of nitrogens with zero attached hydrogens (tertiary/aromatic N) is 1. The van der Waals surface area contributed by atoms with Crippen LogP contribution in [-0.4, -0.2) is 23.9 Å². The van der Waals surface area contributed by atoms with Gasteiger partial charge in [-0.05, 0) is 24.7 Å². The van der Waals surface area contributed by atoms with Gasteiger partial charge in [-0.15, -0.1) is 13.0 Å². The summed E-state index contributed by atoms with van der Waals surface area (Å²) in [6.07, 6.45) is 8.96. The van der Waals surface area contributed by atoms with Crippen LogP contribution in [0.15, 0.2) is 12.7 Å². The lowest BCUT2D eigenvalue weighted by molar-refractivity contribution is -0.126. The van der Waals surface area contributed by atoms with Gasteiger partial charge in [0.05, 0.1) is 0 Å². The second-order valence-electron chi connectivity index (χ2n) is 3.01. The van der Waals surface area contributed by atoms with Gasteiger partial charge in [0.15, 0.2) is 0 Å². The van der Waals surface area contributed by atoms with Crippen LogP contribution in [0.4, 0.5) is 0 Å². The van der Waals surface area contributed by atoms with Crippen LogP contribution in [-0.2, 0) is 4.79 Å². The van der Waals surface area contributed by atoms with Gasteiger partial charge in [-0.2, -0.15) is 0 Å². The van der Waals surface area contributed by atoms with Crippen molar-refractivity contribution in [2.75, 3.05) is 13.1 Å². The van der Waals surface area contributed by atoms with Crippen molar-refractivity contribution in [3.63, 3.8) is 0 Å². The third-order valence-electron chi connectivity index (χ3n) is 2.28. The van der Waals surface area contributed by atoms with Gasteiger partial charge in [0, 0.05) is 13.1 Å². The molecule has 0 unspecified atom stereocenters. The molecule has 0 saturated carbocycles. The fourth-order valence-electron chi connectivity index (χ4n) is 1.43. The topological polar surface area (TPSA) is 20.3 Å². The predicted octanol–water partition coefficient (Wildman–Crippen LogP) is 1.04. The molecule has 0 atom stereocenters. The molecule has 2 nitrogen and oxygen atoms in total. The van der Waals surface area contributed by atoms with Gasteiger partial charge in [0.25, 0.3) is 5.91 Å². The molecule has 0 aromatic carbocycles. The molecule has 0 spiro atoms. The Morgan fingerprint density at radius 2 is 2.17 bits per heavy atom. The largest absolute Gasteiger partial charge is 0.332 e. The van der Waals surface area contributed by atoms with E-state index in [1.807, 2.05) is 6.08 Å². The summed E-state index contributed by atoms with van der Waals surface area (Å²) in [7, 11) is 0. The molecule has 1 heterocycles. The van der Waals surface area contributed by atoms with E-state index in [-0.39, 0.29) is 5.91 Å². The number of amides is 1. The summed E-state index contributed by atoms with van der Waals surface area (Å²) in [5.74, 6) is 2.51.